The monoisotopic (exact) mass is 226 g/mol. The lowest BCUT2D eigenvalue weighted by Crippen LogP contribution is -2.34. The number of nitrogens with two attached hydrogens (primary N) is 1. The van der Waals surface area contributed by atoms with Crippen molar-refractivity contribution >= 4 is 5.91 Å². The number of carbonyl (C=O) groups is 1. The molecule has 0 bridgehead atoms. The van der Waals surface area contributed by atoms with Crippen molar-refractivity contribution < 1.29 is 4.79 Å². The van der Waals surface area contributed by atoms with Gasteiger partial charge < -0.3 is 11.1 Å². The number of carbonyl (C=O) groups excluding carboxylic acids is 1. The molecule has 0 saturated heterocycles. The number of hydrogen-bond donors (Lipinski definition) is 2. The lowest BCUT2D eigenvalue weighted by Gasteiger charge is -2.28. The number of amides is 1. The molecule has 0 aromatic heterocycles. The third-order valence-electron chi connectivity index (χ3n) is 3.56. The molecule has 1 aliphatic rings. The summed E-state index contributed by atoms with van der Waals surface area (Å²) in [6, 6.07) is 0. The maximum atomic E-state index is 11.9. The molecule has 16 heavy (non-hydrogen) atoms. The molecular weight excluding hydrogens is 200 g/mol. The van der Waals surface area contributed by atoms with Crippen molar-refractivity contribution in [3.05, 3.63) is 0 Å². The van der Waals surface area contributed by atoms with Crippen LogP contribution in [0, 0.1) is 11.8 Å². The van der Waals surface area contributed by atoms with Gasteiger partial charge in [0.15, 0.2) is 0 Å². The van der Waals surface area contributed by atoms with Gasteiger partial charge in [0.2, 0.25) is 5.91 Å². The third-order valence-corrected chi connectivity index (χ3v) is 3.56. The van der Waals surface area contributed by atoms with E-state index in [4.69, 9.17) is 5.73 Å². The molecule has 0 heterocycles. The van der Waals surface area contributed by atoms with Crippen LogP contribution in [0.2, 0.25) is 0 Å². The summed E-state index contributed by atoms with van der Waals surface area (Å²) < 4.78 is 0. The summed E-state index contributed by atoms with van der Waals surface area (Å²) in [4.78, 5) is 11.9. The highest BCUT2D eigenvalue weighted by Gasteiger charge is 2.26. The second-order valence-corrected chi connectivity index (χ2v) is 4.95. The molecule has 3 nitrogen and oxygen atoms in total. The molecular formula is C13H26N2O. The number of rotatable bonds is 6. The van der Waals surface area contributed by atoms with E-state index < -0.39 is 0 Å². The van der Waals surface area contributed by atoms with Gasteiger partial charge in [-0.25, -0.2) is 0 Å². The van der Waals surface area contributed by atoms with Crippen LogP contribution in [0.3, 0.4) is 0 Å². The van der Waals surface area contributed by atoms with E-state index >= 15 is 0 Å². The van der Waals surface area contributed by atoms with Gasteiger partial charge in [-0.15, -0.1) is 0 Å². The highest BCUT2D eigenvalue weighted by molar-refractivity contribution is 5.78. The van der Waals surface area contributed by atoms with Gasteiger partial charge in [-0.3, -0.25) is 4.79 Å². The Morgan fingerprint density at radius 2 is 2.25 bits per heavy atom. The molecule has 94 valence electrons. The molecule has 0 radical (unpaired) electrons. The second-order valence-electron chi connectivity index (χ2n) is 4.95. The Labute approximate surface area is 99.2 Å². The van der Waals surface area contributed by atoms with Crippen LogP contribution in [0.1, 0.15) is 51.9 Å². The first-order valence-corrected chi connectivity index (χ1v) is 6.75. The van der Waals surface area contributed by atoms with E-state index in [9.17, 15) is 4.79 Å². The molecule has 0 spiro atoms. The molecule has 0 aromatic rings. The van der Waals surface area contributed by atoms with Gasteiger partial charge in [-0.1, -0.05) is 26.2 Å². The highest BCUT2D eigenvalue weighted by Crippen LogP contribution is 2.30. The summed E-state index contributed by atoms with van der Waals surface area (Å²) in [5, 5.41) is 3.05. The van der Waals surface area contributed by atoms with Gasteiger partial charge in [0.1, 0.15) is 0 Å². The van der Waals surface area contributed by atoms with E-state index in [1.165, 1.54) is 12.8 Å². The van der Waals surface area contributed by atoms with Gasteiger partial charge in [0.05, 0.1) is 0 Å². The topological polar surface area (TPSA) is 55.1 Å². The van der Waals surface area contributed by atoms with Crippen molar-refractivity contribution in [2.45, 2.75) is 51.9 Å². The lowest BCUT2D eigenvalue weighted by molar-refractivity contribution is -0.126. The first-order chi connectivity index (χ1) is 7.77. The van der Waals surface area contributed by atoms with Crippen LogP contribution < -0.4 is 11.1 Å². The number of unbranched alkanes of at least 4 members (excludes halogenated alkanes) is 1. The van der Waals surface area contributed by atoms with Crippen LogP contribution in [0.15, 0.2) is 0 Å². The third kappa shape index (κ3) is 4.52. The van der Waals surface area contributed by atoms with Gasteiger partial charge in [0, 0.05) is 12.5 Å². The zero-order valence-electron chi connectivity index (χ0n) is 10.5. The minimum Gasteiger partial charge on any atom is -0.356 e. The second kappa shape index (κ2) is 7.66. The zero-order chi connectivity index (χ0) is 11.8. The minimum atomic E-state index is 0.252. The van der Waals surface area contributed by atoms with Crippen LogP contribution in [-0.2, 0) is 4.79 Å². The van der Waals surface area contributed by atoms with Crippen LogP contribution in [0.5, 0.6) is 0 Å². The van der Waals surface area contributed by atoms with E-state index in [1.807, 2.05) is 0 Å². The Kier molecular flexibility index (Phi) is 6.46. The van der Waals surface area contributed by atoms with E-state index in [0.29, 0.717) is 5.92 Å². The average molecular weight is 226 g/mol. The molecule has 3 heteroatoms. The normalized spacial score (nSPS) is 25.4. The predicted octanol–water partition coefficient (Wildman–Crippen LogP) is 2.06. The van der Waals surface area contributed by atoms with Crippen molar-refractivity contribution in [2.75, 3.05) is 13.1 Å². The Balaban J connectivity index is 2.26. The summed E-state index contributed by atoms with van der Waals surface area (Å²) in [5.41, 5.74) is 5.58. The van der Waals surface area contributed by atoms with Gasteiger partial charge in [0.25, 0.3) is 0 Å². The van der Waals surface area contributed by atoms with Crippen LogP contribution in [-0.4, -0.2) is 19.0 Å². The van der Waals surface area contributed by atoms with Crippen molar-refractivity contribution in [3.8, 4) is 0 Å². The van der Waals surface area contributed by atoms with Crippen molar-refractivity contribution in [1.29, 1.82) is 0 Å². The quantitative estimate of drug-likeness (QED) is 0.681. The zero-order valence-corrected chi connectivity index (χ0v) is 10.5. The van der Waals surface area contributed by atoms with Crippen LogP contribution in [0.4, 0.5) is 0 Å². The molecule has 0 aromatic carbocycles. The van der Waals surface area contributed by atoms with E-state index in [2.05, 4.69) is 12.2 Å². The molecule has 0 aliphatic heterocycles. The molecule has 1 fully saturated rings. The molecule has 2 atom stereocenters. The summed E-state index contributed by atoms with van der Waals surface area (Å²) in [7, 11) is 0. The van der Waals surface area contributed by atoms with Crippen LogP contribution in [0.25, 0.3) is 0 Å². The van der Waals surface area contributed by atoms with Crippen molar-refractivity contribution in [2.24, 2.45) is 17.6 Å². The Hall–Kier alpha value is -0.570. The Morgan fingerprint density at radius 1 is 1.44 bits per heavy atom. The smallest absolute Gasteiger partial charge is 0.223 e. The molecule has 1 saturated carbocycles. The fourth-order valence-electron chi connectivity index (χ4n) is 2.56. The van der Waals surface area contributed by atoms with Crippen molar-refractivity contribution in [1.82, 2.24) is 5.32 Å². The van der Waals surface area contributed by atoms with Crippen LogP contribution >= 0.6 is 0 Å². The van der Waals surface area contributed by atoms with E-state index in [1.54, 1.807) is 0 Å². The lowest BCUT2D eigenvalue weighted by atomic mass is 9.79. The standard InChI is InChI=1S/C13H26N2O/c1-2-3-9-15-13(16)12-6-4-5-11(10-12)7-8-14/h11-12H,2-10,14H2,1H3,(H,15,16). The van der Waals surface area contributed by atoms with Gasteiger partial charge in [-0.2, -0.15) is 0 Å². The summed E-state index contributed by atoms with van der Waals surface area (Å²) in [6.45, 7) is 3.74. The molecule has 1 amide bonds. The summed E-state index contributed by atoms with van der Waals surface area (Å²) >= 11 is 0. The largest absolute Gasteiger partial charge is 0.356 e. The molecule has 3 N–H and O–H groups in total. The fraction of sp³-hybridized carbons (Fsp3) is 0.923. The first kappa shape index (κ1) is 13.5. The van der Waals surface area contributed by atoms with Gasteiger partial charge >= 0.3 is 0 Å². The summed E-state index contributed by atoms with van der Waals surface area (Å²) in [5.74, 6) is 1.21. The summed E-state index contributed by atoms with van der Waals surface area (Å²) in [6.07, 6.45) is 7.88. The molecule has 2 unspecified atom stereocenters. The average Bonchev–Trinajstić information content (AvgIpc) is 2.30. The predicted molar refractivity (Wildman–Crippen MR) is 67.0 cm³/mol. The maximum absolute atomic E-state index is 11.9. The minimum absolute atomic E-state index is 0.252. The SMILES string of the molecule is CCCCNC(=O)C1CCCC(CCN)C1. The number of nitrogens with one attached hydrogen (secondary N) is 1. The van der Waals surface area contributed by atoms with E-state index in [0.717, 1.165) is 45.2 Å². The van der Waals surface area contributed by atoms with Gasteiger partial charge in [-0.05, 0) is 38.1 Å². The maximum Gasteiger partial charge on any atom is 0.223 e. The van der Waals surface area contributed by atoms with Crippen molar-refractivity contribution in [3.63, 3.8) is 0 Å². The Morgan fingerprint density at radius 3 is 2.94 bits per heavy atom. The fourth-order valence-corrected chi connectivity index (χ4v) is 2.56. The number of hydrogen-bond acceptors (Lipinski definition) is 2. The molecule has 1 rings (SSSR count). The Bertz CT molecular complexity index is 204. The first-order valence-electron chi connectivity index (χ1n) is 6.75. The highest BCUT2D eigenvalue weighted by atomic mass is 16.1. The molecule has 1 aliphatic carbocycles. The van der Waals surface area contributed by atoms with E-state index in [-0.39, 0.29) is 11.8 Å².